The maximum atomic E-state index is 12.4. The minimum atomic E-state index is -0.0519. The second-order valence-corrected chi connectivity index (χ2v) is 7.13. The minimum Gasteiger partial charge on any atom is -0.469 e. The van der Waals surface area contributed by atoms with Gasteiger partial charge in [0.15, 0.2) is 0 Å². The Hall–Kier alpha value is -2.13. The van der Waals surface area contributed by atoms with E-state index in [1.165, 1.54) is 18.2 Å². The van der Waals surface area contributed by atoms with Gasteiger partial charge in [0, 0.05) is 25.0 Å². The van der Waals surface area contributed by atoms with Crippen LogP contribution in [0.2, 0.25) is 0 Å². The molecular formula is C21H23NO2. The van der Waals surface area contributed by atoms with Crippen LogP contribution in [-0.2, 0) is 16.1 Å². The van der Waals surface area contributed by atoms with E-state index in [-0.39, 0.29) is 17.3 Å². The molecule has 24 heavy (non-hydrogen) atoms. The first kappa shape index (κ1) is 15.4. The van der Waals surface area contributed by atoms with E-state index in [0.29, 0.717) is 5.92 Å². The fraction of sp³-hybridized carbons (Fsp3) is 0.381. The molecule has 0 radical (unpaired) electrons. The molecule has 0 N–H and O–H groups in total. The predicted molar refractivity (Wildman–Crippen MR) is 93.5 cm³/mol. The molecule has 3 heteroatoms. The van der Waals surface area contributed by atoms with E-state index in [0.717, 1.165) is 26.1 Å². The topological polar surface area (TPSA) is 29.5 Å². The number of esters is 1. The molecule has 2 aromatic carbocycles. The van der Waals surface area contributed by atoms with Gasteiger partial charge in [-0.1, -0.05) is 60.7 Å². The summed E-state index contributed by atoms with van der Waals surface area (Å²) >= 11 is 0. The van der Waals surface area contributed by atoms with Gasteiger partial charge < -0.3 is 4.74 Å². The van der Waals surface area contributed by atoms with E-state index in [4.69, 9.17) is 4.74 Å². The summed E-state index contributed by atoms with van der Waals surface area (Å²) in [6.07, 6.45) is 1.09. The van der Waals surface area contributed by atoms with Crippen LogP contribution in [-0.4, -0.2) is 31.1 Å². The molecule has 124 valence electrons. The molecule has 0 aromatic heterocycles. The molecule has 1 saturated carbocycles. The Morgan fingerprint density at radius 3 is 2.46 bits per heavy atom. The maximum absolute atomic E-state index is 12.4. The molecule has 0 bridgehead atoms. The third-order valence-corrected chi connectivity index (χ3v) is 5.71. The molecule has 0 amide bonds. The lowest BCUT2D eigenvalue weighted by atomic mass is 9.88. The number of benzene rings is 2. The average Bonchev–Trinajstić information content (AvgIpc) is 3.23. The fourth-order valence-corrected chi connectivity index (χ4v) is 4.46. The van der Waals surface area contributed by atoms with Crippen molar-refractivity contribution in [3.05, 3.63) is 71.8 Å². The van der Waals surface area contributed by atoms with Crippen LogP contribution < -0.4 is 0 Å². The molecule has 1 heterocycles. The molecular weight excluding hydrogens is 298 g/mol. The summed E-state index contributed by atoms with van der Waals surface area (Å²) in [5.41, 5.74) is 2.71. The predicted octanol–water partition coefficient (Wildman–Crippen LogP) is 3.47. The Morgan fingerprint density at radius 2 is 1.79 bits per heavy atom. The number of likely N-dealkylation sites (tertiary alicyclic amines) is 1. The lowest BCUT2D eigenvalue weighted by Gasteiger charge is -2.17. The van der Waals surface area contributed by atoms with Crippen LogP contribution in [0.1, 0.15) is 23.5 Å². The van der Waals surface area contributed by atoms with Gasteiger partial charge in [0.1, 0.15) is 0 Å². The van der Waals surface area contributed by atoms with Gasteiger partial charge in [-0.15, -0.1) is 0 Å². The number of rotatable bonds is 4. The van der Waals surface area contributed by atoms with Crippen molar-refractivity contribution in [2.75, 3.05) is 20.2 Å². The van der Waals surface area contributed by atoms with E-state index < -0.39 is 0 Å². The van der Waals surface area contributed by atoms with Crippen molar-refractivity contribution >= 4 is 5.97 Å². The molecule has 2 fully saturated rings. The van der Waals surface area contributed by atoms with E-state index in [1.54, 1.807) is 0 Å². The monoisotopic (exact) mass is 321 g/mol. The van der Waals surface area contributed by atoms with Crippen LogP contribution in [0.5, 0.6) is 0 Å². The van der Waals surface area contributed by atoms with Crippen LogP contribution in [0, 0.1) is 11.3 Å². The highest BCUT2D eigenvalue weighted by atomic mass is 16.5. The maximum Gasteiger partial charge on any atom is 0.310 e. The van der Waals surface area contributed by atoms with Gasteiger partial charge in [-0.05, 0) is 23.5 Å². The summed E-state index contributed by atoms with van der Waals surface area (Å²) in [4.78, 5) is 14.8. The standard InChI is InChI=1S/C21H23NO2/c1-24-20(23)19-14-22(13-16-8-4-2-5-9-16)15-21(19)12-18(21)17-10-6-3-7-11-17/h2-11,18-19H,12-15H2,1H3/t18?,19-,21-/m0/s1. The highest BCUT2D eigenvalue weighted by Crippen LogP contribution is 2.66. The van der Waals surface area contributed by atoms with E-state index in [2.05, 4.69) is 53.4 Å². The van der Waals surface area contributed by atoms with Crippen molar-refractivity contribution in [1.82, 2.24) is 4.90 Å². The third-order valence-electron chi connectivity index (χ3n) is 5.71. The van der Waals surface area contributed by atoms with Crippen LogP contribution in [0.3, 0.4) is 0 Å². The Labute approximate surface area is 143 Å². The summed E-state index contributed by atoms with van der Waals surface area (Å²) in [7, 11) is 1.51. The number of nitrogens with zero attached hydrogens (tertiary/aromatic N) is 1. The van der Waals surface area contributed by atoms with Gasteiger partial charge in [0.05, 0.1) is 13.0 Å². The Bertz CT molecular complexity index is 715. The number of hydrogen-bond acceptors (Lipinski definition) is 3. The Kier molecular flexibility index (Phi) is 3.89. The van der Waals surface area contributed by atoms with Gasteiger partial charge in [0.2, 0.25) is 0 Å². The van der Waals surface area contributed by atoms with Crippen LogP contribution in [0.25, 0.3) is 0 Å². The zero-order valence-electron chi connectivity index (χ0n) is 14.0. The number of methoxy groups -OCH3 is 1. The summed E-state index contributed by atoms with van der Waals surface area (Å²) in [5, 5.41) is 0. The first-order valence-electron chi connectivity index (χ1n) is 8.62. The third kappa shape index (κ3) is 2.63. The van der Waals surface area contributed by atoms with Gasteiger partial charge >= 0.3 is 5.97 Å². The van der Waals surface area contributed by atoms with Crippen molar-refractivity contribution in [3.63, 3.8) is 0 Å². The van der Waals surface area contributed by atoms with Crippen LogP contribution in [0.15, 0.2) is 60.7 Å². The molecule has 1 aliphatic carbocycles. The highest BCUT2D eigenvalue weighted by Gasteiger charge is 2.65. The largest absolute Gasteiger partial charge is 0.469 e. The average molecular weight is 321 g/mol. The quantitative estimate of drug-likeness (QED) is 0.808. The molecule has 1 unspecified atom stereocenters. The molecule has 1 spiro atoms. The summed E-state index contributed by atoms with van der Waals surface area (Å²) < 4.78 is 5.13. The summed E-state index contributed by atoms with van der Waals surface area (Å²) in [6, 6.07) is 21.1. The SMILES string of the molecule is COC(=O)[C@@H]1CN(Cc2ccccc2)C[C@]12CC2c1ccccc1. The smallest absolute Gasteiger partial charge is 0.310 e. The highest BCUT2D eigenvalue weighted by molar-refractivity contribution is 5.75. The molecule has 3 atom stereocenters. The minimum absolute atomic E-state index is 0.0172. The number of carbonyl (C=O) groups excluding carboxylic acids is 1. The van der Waals surface area contributed by atoms with E-state index in [9.17, 15) is 4.79 Å². The van der Waals surface area contributed by atoms with Gasteiger partial charge in [-0.25, -0.2) is 0 Å². The van der Waals surface area contributed by atoms with Crippen LogP contribution in [0.4, 0.5) is 0 Å². The van der Waals surface area contributed by atoms with Gasteiger partial charge in [-0.3, -0.25) is 9.69 Å². The molecule has 2 aliphatic rings. The number of ether oxygens (including phenoxy) is 1. The molecule has 1 saturated heterocycles. The molecule has 4 rings (SSSR count). The van der Waals surface area contributed by atoms with Gasteiger partial charge in [0.25, 0.3) is 0 Å². The van der Waals surface area contributed by atoms with Crippen molar-refractivity contribution < 1.29 is 9.53 Å². The Balaban J connectivity index is 1.55. The summed E-state index contributed by atoms with van der Waals surface area (Å²) in [5.74, 6) is 0.406. The van der Waals surface area contributed by atoms with Gasteiger partial charge in [-0.2, -0.15) is 0 Å². The zero-order valence-corrected chi connectivity index (χ0v) is 14.0. The normalized spacial score (nSPS) is 28.9. The second-order valence-electron chi connectivity index (χ2n) is 7.13. The van der Waals surface area contributed by atoms with Crippen LogP contribution >= 0.6 is 0 Å². The van der Waals surface area contributed by atoms with Crippen molar-refractivity contribution in [2.24, 2.45) is 11.3 Å². The van der Waals surface area contributed by atoms with Crippen molar-refractivity contribution in [3.8, 4) is 0 Å². The second kappa shape index (κ2) is 6.06. The molecule has 1 aliphatic heterocycles. The zero-order chi connectivity index (χ0) is 16.6. The lowest BCUT2D eigenvalue weighted by molar-refractivity contribution is -0.146. The fourth-order valence-electron chi connectivity index (χ4n) is 4.46. The molecule has 3 nitrogen and oxygen atoms in total. The summed E-state index contributed by atoms with van der Waals surface area (Å²) in [6.45, 7) is 2.67. The van der Waals surface area contributed by atoms with Crippen molar-refractivity contribution in [2.45, 2.75) is 18.9 Å². The first-order chi connectivity index (χ1) is 11.7. The number of hydrogen-bond donors (Lipinski definition) is 0. The molecule has 2 aromatic rings. The van der Waals surface area contributed by atoms with Crippen molar-refractivity contribution in [1.29, 1.82) is 0 Å². The first-order valence-corrected chi connectivity index (χ1v) is 8.62. The number of carbonyl (C=O) groups is 1. The van der Waals surface area contributed by atoms with E-state index >= 15 is 0 Å². The lowest BCUT2D eigenvalue weighted by Crippen LogP contribution is -2.26. The van der Waals surface area contributed by atoms with E-state index in [1.807, 2.05) is 12.1 Å². The Morgan fingerprint density at radius 1 is 1.12 bits per heavy atom.